The molecule has 0 saturated carbocycles. The second-order valence-corrected chi connectivity index (χ2v) is 6.90. The summed E-state index contributed by atoms with van der Waals surface area (Å²) >= 11 is 0. The lowest BCUT2D eigenvalue weighted by Crippen LogP contribution is -2.41. The summed E-state index contributed by atoms with van der Waals surface area (Å²) in [6.07, 6.45) is 0. The molecule has 0 radical (unpaired) electrons. The molecule has 0 atom stereocenters. The third kappa shape index (κ3) is 3.05. The van der Waals surface area contributed by atoms with Gasteiger partial charge in [0.2, 0.25) is 0 Å². The van der Waals surface area contributed by atoms with Gasteiger partial charge in [-0.1, -0.05) is 24.3 Å². The number of nitrogens with zero attached hydrogens (tertiary/aromatic N) is 4. The molecule has 0 saturated heterocycles. The van der Waals surface area contributed by atoms with Crippen LogP contribution in [0.3, 0.4) is 0 Å². The van der Waals surface area contributed by atoms with Crippen molar-refractivity contribution in [3.63, 3.8) is 0 Å². The van der Waals surface area contributed by atoms with Crippen LogP contribution in [-0.2, 0) is 0 Å². The molecule has 7 heteroatoms. The van der Waals surface area contributed by atoms with Crippen molar-refractivity contribution in [3.8, 4) is 0 Å². The first-order valence-electron chi connectivity index (χ1n) is 9.27. The van der Waals surface area contributed by atoms with E-state index in [0.29, 0.717) is 44.9 Å². The van der Waals surface area contributed by atoms with Gasteiger partial charge >= 0.3 is 5.97 Å². The Labute approximate surface area is 167 Å². The average Bonchev–Trinajstić information content (AvgIpc) is 2.71. The minimum atomic E-state index is -0.996. The van der Waals surface area contributed by atoms with Crippen molar-refractivity contribution in [3.05, 3.63) is 59.7 Å². The van der Waals surface area contributed by atoms with Crippen LogP contribution in [0.1, 0.15) is 27.6 Å². The van der Waals surface area contributed by atoms with Crippen LogP contribution in [0, 0.1) is 0 Å². The summed E-state index contributed by atoms with van der Waals surface area (Å²) in [5.41, 5.74) is 3.01. The van der Waals surface area contributed by atoms with Crippen molar-refractivity contribution in [2.75, 3.05) is 20.6 Å². The molecule has 0 fully saturated rings. The Morgan fingerprint density at radius 2 is 1.55 bits per heavy atom. The van der Waals surface area contributed by atoms with E-state index in [2.05, 4.69) is 4.98 Å². The molecule has 1 heterocycles. The van der Waals surface area contributed by atoms with Crippen LogP contribution in [-0.4, -0.2) is 57.6 Å². The average molecular weight is 388 g/mol. The van der Waals surface area contributed by atoms with E-state index in [1.165, 1.54) is 0 Å². The first kappa shape index (κ1) is 18.8. The minimum absolute atomic E-state index is 0.164. The summed E-state index contributed by atoms with van der Waals surface area (Å²) in [5, 5.41) is 14.1. The second kappa shape index (κ2) is 7.10. The maximum Gasteiger partial charge on any atom is 0.336 e. The number of carboxylic acids is 1. The highest BCUT2D eigenvalue weighted by Crippen LogP contribution is 2.28. The summed E-state index contributed by atoms with van der Waals surface area (Å²) in [6.45, 7) is 2.43. The molecule has 7 nitrogen and oxygen atoms in total. The molecule has 1 N–H and O–H groups in total. The van der Waals surface area contributed by atoms with Crippen LogP contribution < -0.4 is 0 Å². The zero-order valence-electron chi connectivity index (χ0n) is 16.4. The number of fused-ring (bicyclic) bond motifs is 4. The number of hydrogen-bond donors (Lipinski definition) is 1. The van der Waals surface area contributed by atoms with Gasteiger partial charge in [0.15, 0.2) is 0 Å². The van der Waals surface area contributed by atoms with Crippen LogP contribution in [0.4, 0.5) is 0 Å². The Bertz CT molecular complexity index is 1280. The van der Waals surface area contributed by atoms with Crippen LogP contribution in [0.5, 0.6) is 0 Å². The number of rotatable bonds is 4. The van der Waals surface area contributed by atoms with Crippen LogP contribution in [0.25, 0.3) is 32.8 Å². The van der Waals surface area contributed by atoms with Crippen LogP contribution in [0.15, 0.2) is 48.5 Å². The van der Waals surface area contributed by atoms with Crippen molar-refractivity contribution >= 4 is 44.7 Å². The Balaban J connectivity index is 2.04. The number of hydrazine groups is 1. The summed E-state index contributed by atoms with van der Waals surface area (Å²) < 4.78 is 0. The molecule has 4 aromatic rings. The number of amides is 1. The predicted octanol–water partition coefficient (Wildman–Crippen LogP) is 3.57. The van der Waals surface area contributed by atoms with E-state index < -0.39 is 5.97 Å². The predicted molar refractivity (Wildman–Crippen MR) is 112 cm³/mol. The molecule has 1 aromatic heterocycles. The monoisotopic (exact) mass is 388 g/mol. The van der Waals surface area contributed by atoms with Crippen LogP contribution >= 0.6 is 0 Å². The fourth-order valence-corrected chi connectivity index (χ4v) is 3.62. The smallest absolute Gasteiger partial charge is 0.336 e. The number of carbonyl (C=O) groups excluding carboxylic acids is 1. The fraction of sp³-hybridized carbons (Fsp3) is 0.182. The lowest BCUT2D eigenvalue weighted by Gasteiger charge is -2.27. The largest absolute Gasteiger partial charge is 0.478 e. The van der Waals surface area contributed by atoms with Gasteiger partial charge in [-0.25, -0.2) is 19.8 Å². The van der Waals surface area contributed by atoms with Gasteiger partial charge in [-0.05, 0) is 36.6 Å². The van der Waals surface area contributed by atoms with Gasteiger partial charge in [0.1, 0.15) is 5.52 Å². The van der Waals surface area contributed by atoms with E-state index in [1.807, 2.05) is 33.2 Å². The zero-order chi connectivity index (χ0) is 20.7. The van der Waals surface area contributed by atoms with Crippen molar-refractivity contribution < 1.29 is 14.7 Å². The summed E-state index contributed by atoms with van der Waals surface area (Å²) in [7, 11) is 3.63. The third-order valence-corrected chi connectivity index (χ3v) is 4.97. The van der Waals surface area contributed by atoms with Gasteiger partial charge in [-0.3, -0.25) is 9.80 Å². The van der Waals surface area contributed by atoms with Gasteiger partial charge in [-0.2, -0.15) is 0 Å². The highest BCUT2D eigenvalue weighted by Gasteiger charge is 2.20. The number of carbonyl (C=O) groups is 2. The number of aromatic carboxylic acids is 1. The third-order valence-electron chi connectivity index (χ3n) is 4.97. The SMILES string of the molecule is CCN(C(=O)c1cccc2nc3ccc4c(C(=O)O)cccc4c3nc12)N(C)C. The molecular weight excluding hydrogens is 368 g/mol. The molecule has 0 bridgehead atoms. The topological polar surface area (TPSA) is 86.6 Å². The number of hydrogen-bond acceptors (Lipinski definition) is 5. The molecule has 0 aliphatic rings. The van der Waals surface area contributed by atoms with Crippen LogP contribution in [0.2, 0.25) is 0 Å². The molecule has 29 heavy (non-hydrogen) atoms. The van der Waals surface area contributed by atoms with Gasteiger partial charge in [0.05, 0.1) is 27.7 Å². The van der Waals surface area contributed by atoms with Gasteiger partial charge in [0.25, 0.3) is 5.91 Å². The van der Waals surface area contributed by atoms with Gasteiger partial charge in [-0.15, -0.1) is 0 Å². The van der Waals surface area contributed by atoms with E-state index in [4.69, 9.17) is 4.98 Å². The maximum atomic E-state index is 13.1. The molecule has 0 aliphatic heterocycles. The molecule has 4 rings (SSSR count). The van der Waals surface area contributed by atoms with Gasteiger partial charge in [0, 0.05) is 26.0 Å². The highest BCUT2D eigenvalue weighted by molar-refractivity contribution is 6.14. The number of para-hydroxylation sites is 1. The molecule has 1 amide bonds. The molecule has 146 valence electrons. The number of benzene rings is 3. The fourth-order valence-electron chi connectivity index (χ4n) is 3.62. The van der Waals surface area contributed by atoms with Crippen molar-refractivity contribution in [1.82, 2.24) is 20.0 Å². The lowest BCUT2D eigenvalue weighted by atomic mass is 10.0. The van der Waals surface area contributed by atoms with E-state index in [1.54, 1.807) is 46.4 Å². The van der Waals surface area contributed by atoms with E-state index in [0.717, 1.165) is 0 Å². The molecular formula is C22H20N4O3. The number of carboxylic acid groups (broad SMARTS) is 1. The second-order valence-electron chi connectivity index (χ2n) is 6.90. The molecule has 0 aliphatic carbocycles. The first-order chi connectivity index (χ1) is 13.9. The van der Waals surface area contributed by atoms with Crippen molar-refractivity contribution in [1.29, 1.82) is 0 Å². The van der Waals surface area contributed by atoms with Gasteiger partial charge < -0.3 is 5.11 Å². The Hall–Kier alpha value is -3.58. The minimum Gasteiger partial charge on any atom is -0.478 e. The van der Waals surface area contributed by atoms with Crippen molar-refractivity contribution in [2.24, 2.45) is 0 Å². The normalized spacial score (nSPS) is 11.4. The van der Waals surface area contributed by atoms with Crippen molar-refractivity contribution in [2.45, 2.75) is 6.92 Å². The molecule has 0 unspecified atom stereocenters. The standard InChI is InChI=1S/C22H20N4O3/c1-4-26(25(2)3)21(27)16-9-6-10-17-20(16)24-19-14-7-5-8-15(22(28)29)13(14)11-12-18(19)23-17/h5-12H,4H2,1-3H3,(H,28,29). The maximum absolute atomic E-state index is 13.1. The Kier molecular flexibility index (Phi) is 4.60. The Morgan fingerprint density at radius 3 is 2.24 bits per heavy atom. The lowest BCUT2D eigenvalue weighted by molar-refractivity contribution is 0.0232. The summed E-state index contributed by atoms with van der Waals surface area (Å²) in [4.78, 5) is 34.2. The quantitative estimate of drug-likeness (QED) is 0.327. The summed E-state index contributed by atoms with van der Waals surface area (Å²) in [5.74, 6) is -1.16. The van der Waals surface area contributed by atoms with E-state index >= 15 is 0 Å². The molecule has 0 spiro atoms. The Morgan fingerprint density at radius 1 is 0.862 bits per heavy atom. The van der Waals surface area contributed by atoms with E-state index in [9.17, 15) is 14.7 Å². The first-order valence-corrected chi connectivity index (χ1v) is 9.27. The zero-order valence-corrected chi connectivity index (χ0v) is 16.4. The van der Waals surface area contributed by atoms with E-state index in [-0.39, 0.29) is 11.5 Å². The summed E-state index contributed by atoms with van der Waals surface area (Å²) in [6, 6.07) is 14.0. The molecule has 3 aromatic carbocycles. The number of aromatic nitrogens is 2. The highest BCUT2D eigenvalue weighted by atomic mass is 16.4.